The molecule has 1 aromatic carbocycles. The zero-order valence-electron chi connectivity index (χ0n) is 8.20. The first kappa shape index (κ1) is 8.97. The Morgan fingerprint density at radius 3 is 3.20 bits per heavy atom. The summed E-state index contributed by atoms with van der Waals surface area (Å²) in [4.78, 5) is 0. The number of benzene rings is 1. The highest BCUT2D eigenvalue weighted by molar-refractivity contribution is 9.10. The van der Waals surface area contributed by atoms with Gasteiger partial charge in [0.2, 0.25) is 0 Å². The van der Waals surface area contributed by atoms with Gasteiger partial charge in [-0.2, -0.15) is 5.10 Å². The van der Waals surface area contributed by atoms with Crippen LogP contribution >= 0.6 is 15.9 Å². The summed E-state index contributed by atoms with van der Waals surface area (Å²) in [6.07, 6.45) is 1.86. The third-order valence-corrected chi connectivity index (χ3v) is 3.09. The summed E-state index contributed by atoms with van der Waals surface area (Å²) in [7, 11) is 1.95. The third kappa shape index (κ3) is 1.28. The van der Waals surface area contributed by atoms with Crippen molar-refractivity contribution in [2.75, 3.05) is 0 Å². The molecular formula is C11H9BrN2O. The van der Waals surface area contributed by atoms with E-state index >= 15 is 0 Å². The van der Waals surface area contributed by atoms with Crippen molar-refractivity contribution in [2.45, 2.75) is 6.61 Å². The van der Waals surface area contributed by atoms with Crippen molar-refractivity contribution in [3.8, 4) is 17.0 Å². The largest absolute Gasteiger partial charge is 0.488 e. The summed E-state index contributed by atoms with van der Waals surface area (Å²) in [5.41, 5.74) is 3.39. The maximum Gasteiger partial charge on any atom is 0.129 e. The summed E-state index contributed by atoms with van der Waals surface area (Å²) in [5.74, 6) is 0.925. The van der Waals surface area contributed by atoms with E-state index in [0.29, 0.717) is 6.61 Å². The molecule has 0 bridgehead atoms. The van der Waals surface area contributed by atoms with Crippen molar-refractivity contribution in [2.24, 2.45) is 7.05 Å². The number of ether oxygens (including phenoxy) is 1. The molecule has 0 saturated carbocycles. The highest BCUT2D eigenvalue weighted by atomic mass is 79.9. The van der Waals surface area contributed by atoms with E-state index in [4.69, 9.17) is 4.74 Å². The fourth-order valence-electron chi connectivity index (χ4n) is 1.90. The zero-order valence-corrected chi connectivity index (χ0v) is 9.78. The topological polar surface area (TPSA) is 27.1 Å². The van der Waals surface area contributed by atoms with Gasteiger partial charge in [-0.3, -0.25) is 4.68 Å². The number of aryl methyl sites for hydroxylation is 1. The van der Waals surface area contributed by atoms with Gasteiger partial charge in [0, 0.05) is 22.6 Å². The average Bonchev–Trinajstić information content (AvgIpc) is 2.60. The van der Waals surface area contributed by atoms with Crippen molar-refractivity contribution >= 4 is 15.9 Å². The number of nitrogens with zero attached hydrogens (tertiary/aromatic N) is 2. The van der Waals surface area contributed by atoms with Crippen LogP contribution in [0.1, 0.15) is 5.56 Å². The van der Waals surface area contributed by atoms with Crippen LogP contribution in [0.2, 0.25) is 0 Å². The maximum absolute atomic E-state index is 5.64. The van der Waals surface area contributed by atoms with Crippen LogP contribution in [0.5, 0.6) is 5.75 Å². The number of hydrogen-bond donors (Lipinski definition) is 0. The van der Waals surface area contributed by atoms with Gasteiger partial charge in [0.05, 0.1) is 11.9 Å². The van der Waals surface area contributed by atoms with E-state index in [-0.39, 0.29) is 0 Å². The van der Waals surface area contributed by atoms with Crippen molar-refractivity contribution in [3.05, 3.63) is 34.4 Å². The van der Waals surface area contributed by atoms with Gasteiger partial charge in [-0.1, -0.05) is 15.9 Å². The Labute approximate surface area is 95.8 Å². The Bertz CT molecular complexity index is 533. The number of halogens is 1. The highest BCUT2D eigenvalue weighted by Gasteiger charge is 2.20. The first-order chi connectivity index (χ1) is 7.25. The summed E-state index contributed by atoms with van der Waals surface area (Å²) in [5, 5.41) is 4.25. The van der Waals surface area contributed by atoms with Crippen LogP contribution in [-0.2, 0) is 13.7 Å². The van der Waals surface area contributed by atoms with Gasteiger partial charge in [0.15, 0.2) is 0 Å². The molecule has 0 unspecified atom stereocenters. The molecule has 0 N–H and O–H groups in total. The van der Waals surface area contributed by atoms with E-state index in [1.54, 1.807) is 0 Å². The molecule has 2 aromatic rings. The molecule has 1 aliphatic rings. The van der Waals surface area contributed by atoms with Crippen LogP contribution in [-0.4, -0.2) is 9.78 Å². The molecule has 3 nitrogen and oxygen atoms in total. The normalized spacial score (nSPS) is 12.9. The maximum atomic E-state index is 5.64. The van der Waals surface area contributed by atoms with Gasteiger partial charge in [0.25, 0.3) is 0 Å². The van der Waals surface area contributed by atoms with E-state index in [1.165, 1.54) is 0 Å². The van der Waals surface area contributed by atoms with Gasteiger partial charge in [-0.25, -0.2) is 0 Å². The van der Waals surface area contributed by atoms with Gasteiger partial charge >= 0.3 is 0 Å². The average molecular weight is 265 g/mol. The van der Waals surface area contributed by atoms with Crippen LogP contribution in [0, 0.1) is 0 Å². The number of hydrogen-bond acceptors (Lipinski definition) is 2. The first-order valence-corrected chi connectivity index (χ1v) is 5.48. The van der Waals surface area contributed by atoms with Gasteiger partial charge in [0.1, 0.15) is 12.4 Å². The smallest absolute Gasteiger partial charge is 0.129 e. The van der Waals surface area contributed by atoms with Crippen LogP contribution in [0.15, 0.2) is 28.9 Å². The van der Waals surface area contributed by atoms with E-state index in [0.717, 1.165) is 27.0 Å². The molecule has 1 aliphatic heterocycles. The molecule has 0 aliphatic carbocycles. The van der Waals surface area contributed by atoms with Crippen molar-refractivity contribution in [3.63, 3.8) is 0 Å². The number of aromatic nitrogens is 2. The molecular weight excluding hydrogens is 256 g/mol. The van der Waals surface area contributed by atoms with Gasteiger partial charge in [-0.05, 0) is 18.2 Å². The molecule has 0 saturated heterocycles. The fourth-order valence-corrected chi connectivity index (χ4v) is 2.27. The third-order valence-electron chi connectivity index (χ3n) is 2.59. The Morgan fingerprint density at radius 1 is 1.47 bits per heavy atom. The minimum atomic E-state index is 0.609. The molecule has 4 heteroatoms. The summed E-state index contributed by atoms with van der Waals surface area (Å²) >= 11 is 3.47. The van der Waals surface area contributed by atoms with E-state index in [9.17, 15) is 0 Å². The van der Waals surface area contributed by atoms with Crippen LogP contribution in [0.4, 0.5) is 0 Å². The Morgan fingerprint density at radius 2 is 2.33 bits per heavy atom. The summed E-state index contributed by atoms with van der Waals surface area (Å²) in [6, 6.07) is 6.03. The molecule has 0 amide bonds. The zero-order chi connectivity index (χ0) is 10.4. The lowest BCUT2D eigenvalue weighted by molar-refractivity contribution is 0.302. The molecule has 0 atom stereocenters. The predicted octanol–water partition coefficient (Wildman–Crippen LogP) is 2.74. The fraction of sp³-hybridized carbons (Fsp3) is 0.182. The molecule has 0 spiro atoms. The summed E-state index contributed by atoms with van der Waals surface area (Å²) in [6.45, 7) is 0.609. The molecule has 15 heavy (non-hydrogen) atoms. The second-order valence-corrected chi connectivity index (χ2v) is 4.49. The van der Waals surface area contributed by atoms with E-state index in [2.05, 4.69) is 27.1 Å². The monoisotopic (exact) mass is 264 g/mol. The SMILES string of the molecule is Cn1ncc2c1-c1cc(Br)ccc1OC2. The van der Waals surface area contributed by atoms with E-state index in [1.807, 2.05) is 30.1 Å². The predicted molar refractivity (Wildman–Crippen MR) is 60.7 cm³/mol. The minimum absolute atomic E-state index is 0.609. The second kappa shape index (κ2) is 3.10. The van der Waals surface area contributed by atoms with Crippen molar-refractivity contribution in [1.29, 1.82) is 0 Å². The number of fused-ring (bicyclic) bond motifs is 3. The Hall–Kier alpha value is -1.29. The molecule has 0 fully saturated rings. The molecule has 2 heterocycles. The molecule has 76 valence electrons. The highest BCUT2D eigenvalue weighted by Crippen LogP contribution is 2.38. The van der Waals surface area contributed by atoms with Crippen molar-refractivity contribution in [1.82, 2.24) is 9.78 Å². The lowest BCUT2D eigenvalue weighted by Gasteiger charge is -2.18. The Balaban J connectivity index is 2.31. The first-order valence-electron chi connectivity index (χ1n) is 4.69. The van der Waals surface area contributed by atoms with Gasteiger partial charge < -0.3 is 4.74 Å². The molecule has 0 radical (unpaired) electrons. The van der Waals surface area contributed by atoms with Crippen LogP contribution in [0.25, 0.3) is 11.3 Å². The minimum Gasteiger partial charge on any atom is -0.488 e. The van der Waals surface area contributed by atoms with Gasteiger partial charge in [-0.15, -0.1) is 0 Å². The Kier molecular flexibility index (Phi) is 1.85. The standard InChI is InChI=1S/C11H9BrN2O/c1-14-11-7(5-13-14)6-15-10-3-2-8(12)4-9(10)11/h2-5H,6H2,1H3. The van der Waals surface area contributed by atoms with Crippen LogP contribution < -0.4 is 4.74 Å². The lowest BCUT2D eigenvalue weighted by Crippen LogP contribution is -2.06. The quantitative estimate of drug-likeness (QED) is 0.732. The van der Waals surface area contributed by atoms with E-state index < -0.39 is 0 Å². The summed E-state index contributed by atoms with van der Waals surface area (Å²) < 4.78 is 8.59. The number of rotatable bonds is 0. The second-order valence-electron chi connectivity index (χ2n) is 3.57. The molecule has 3 rings (SSSR count). The van der Waals surface area contributed by atoms with Crippen molar-refractivity contribution < 1.29 is 4.74 Å². The van der Waals surface area contributed by atoms with Crippen LogP contribution in [0.3, 0.4) is 0 Å². The molecule has 1 aromatic heterocycles. The lowest BCUT2D eigenvalue weighted by atomic mass is 10.1.